The third-order valence-electron chi connectivity index (χ3n) is 5.74. The largest absolute Gasteiger partial charge is 0.369 e. The van der Waals surface area contributed by atoms with E-state index in [1.807, 2.05) is 17.9 Å². The lowest BCUT2D eigenvalue weighted by Crippen LogP contribution is -2.46. The van der Waals surface area contributed by atoms with Crippen LogP contribution >= 0.6 is 0 Å². The van der Waals surface area contributed by atoms with E-state index in [0.29, 0.717) is 11.1 Å². The fourth-order valence-corrected chi connectivity index (χ4v) is 4.31. The standard InChI is InChI=1S/C20H28N6O2/c1-13-11-15(18-19(22-13)26-8-4-2-3-5-17(26)24-18)20(28)23-14-6-9-25(10-7-14)12-16(21)27/h11,14H,2-10,12H2,1H3,(H2,21,27)(H,23,28). The predicted molar refractivity (Wildman–Crippen MR) is 106 cm³/mol. The Morgan fingerprint density at radius 2 is 1.96 bits per heavy atom. The van der Waals surface area contributed by atoms with Crippen LogP contribution in [0.4, 0.5) is 0 Å². The van der Waals surface area contributed by atoms with Gasteiger partial charge in [-0.2, -0.15) is 0 Å². The molecule has 0 unspecified atom stereocenters. The van der Waals surface area contributed by atoms with Gasteiger partial charge in [-0.1, -0.05) is 6.42 Å². The van der Waals surface area contributed by atoms with Crippen LogP contribution in [-0.2, 0) is 17.8 Å². The number of nitrogens with two attached hydrogens (primary N) is 1. The number of fused-ring (bicyclic) bond motifs is 3. The molecule has 0 bridgehead atoms. The normalized spacial score (nSPS) is 18.6. The van der Waals surface area contributed by atoms with Crippen LogP contribution < -0.4 is 11.1 Å². The highest BCUT2D eigenvalue weighted by molar-refractivity contribution is 6.04. The number of hydrogen-bond donors (Lipinski definition) is 2. The molecule has 0 atom stereocenters. The van der Waals surface area contributed by atoms with Gasteiger partial charge in [0, 0.05) is 37.8 Å². The summed E-state index contributed by atoms with van der Waals surface area (Å²) in [4.78, 5) is 35.6. The molecule has 1 saturated heterocycles. The summed E-state index contributed by atoms with van der Waals surface area (Å²) in [6, 6.07) is 1.94. The van der Waals surface area contributed by atoms with E-state index in [9.17, 15) is 9.59 Å². The predicted octanol–water partition coefficient (Wildman–Crippen LogP) is 1.15. The Hall–Kier alpha value is -2.48. The third kappa shape index (κ3) is 3.87. The van der Waals surface area contributed by atoms with E-state index in [0.717, 1.165) is 68.9 Å². The average molecular weight is 384 g/mol. The Bertz CT molecular complexity index is 898. The first-order valence-corrected chi connectivity index (χ1v) is 10.2. The third-order valence-corrected chi connectivity index (χ3v) is 5.74. The van der Waals surface area contributed by atoms with Gasteiger partial charge in [0.15, 0.2) is 5.65 Å². The molecule has 1 fully saturated rings. The maximum Gasteiger partial charge on any atom is 0.253 e. The van der Waals surface area contributed by atoms with Gasteiger partial charge in [0.05, 0.1) is 12.1 Å². The van der Waals surface area contributed by atoms with E-state index >= 15 is 0 Å². The second-order valence-electron chi connectivity index (χ2n) is 7.96. The lowest BCUT2D eigenvalue weighted by atomic mass is 10.0. The number of hydrogen-bond acceptors (Lipinski definition) is 5. The van der Waals surface area contributed by atoms with Crippen LogP contribution in [0.3, 0.4) is 0 Å². The number of aromatic nitrogens is 3. The van der Waals surface area contributed by atoms with Crippen molar-refractivity contribution >= 4 is 23.0 Å². The molecule has 0 spiro atoms. The summed E-state index contributed by atoms with van der Waals surface area (Å²) in [5.74, 6) is 0.646. The van der Waals surface area contributed by atoms with E-state index in [4.69, 9.17) is 10.7 Å². The highest BCUT2D eigenvalue weighted by atomic mass is 16.2. The van der Waals surface area contributed by atoms with Gasteiger partial charge in [0.1, 0.15) is 11.3 Å². The number of likely N-dealkylation sites (tertiary alicyclic amines) is 1. The maximum absolute atomic E-state index is 13.0. The van der Waals surface area contributed by atoms with Crippen LogP contribution in [0, 0.1) is 6.92 Å². The van der Waals surface area contributed by atoms with E-state index in [1.165, 1.54) is 6.42 Å². The molecule has 2 aromatic heterocycles. The molecule has 8 heteroatoms. The molecule has 0 aliphatic carbocycles. The van der Waals surface area contributed by atoms with Gasteiger partial charge >= 0.3 is 0 Å². The second kappa shape index (κ2) is 7.87. The Morgan fingerprint density at radius 1 is 1.18 bits per heavy atom. The minimum atomic E-state index is -0.309. The number of carbonyl (C=O) groups is 2. The van der Waals surface area contributed by atoms with Crippen LogP contribution in [0.25, 0.3) is 11.2 Å². The number of aryl methyl sites for hydroxylation is 3. The first-order chi connectivity index (χ1) is 13.5. The number of nitrogens with zero attached hydrogens (tertiary/aromatic N) is 4. The summed E-state index contributed by atoms with van der Waals surface area (Å²) in [5, 5.41) is 3.16. The van der Waals surface area contributed by atoms with Gasteiger partial charge in [-0.3, -0.25) is 14.5 Å². The summed E-state index contributed by atoms with van der Waals surface area (Å²) >= 11 is 0. The van der Waals surface area contributed by atoms with Crippen molar-refractivity contribution in [1.29, 1.82) is 0 Å². The molecule has 3 N–H and O–H groups in total. The maximum atomic E-state index is 13.0. The van der Waals surface area contributed by atoms with Crippen LogP contribution in [0.5, 0.6) is 0 Å². The van der Waals surface area contributed by atoms with E-state index < -0.39 is 0 Å². The van der Waals surface area contributed by atoms with Crippen molar-refractivity contribution in [1.82, 2.24) is 24.8 Å². The van der Waals surface area contributed by atoms with Gasteiger partial charge in [-0.15, -0.1) is 0 Å². The fourth-order valence-electron chi connectivity index (χ4n) is 4.31. The molecule has 0 radical (unpaired) electrons. The first kappa shape index (κ1) is 18.9. The van der Waals surface area contributed by atoms with Crippen LogP contribution in [-0.4, -0.2) is 56.9 Å². The lowest BCUT2D eigenvalue weighted by molar-refractivity contribution is -0.119. The van der Waals surface area contributed by atoms with Crippen molar-refractivity contribution in [2.24, 2.45) is 5.73 Å². The molecule has 0 saturated carbocycles. The molecule has 2 aromatic rings. The van der Waals surface area contributed by atoms with Crippen molar-refractivity contribution in [2.45, 2.75) is 58.0 Å². The highest BCUT2D eigenvalue weighted by Crippen LogP contribution is 2.24. The number of rotatable bonds is 4. The summed E-state index contributed by atoms with van der Waals surface area (Å²) in [6.45, 7) is 4.65. The lowest BCUT2D eigenvalue weighted by Gasteiger charge is -2.31. The van der Waals surface area contributed by atoms with Crippen molar-refractivity contribution in [3.8, 4) is 0 Å². The number of imidazole rings is 1. The Balaban J connectivity index is 1.52. The van der Waals surface area contributed by atoms with Gasteiger partial charge in [-0.25, -0.2) is 9.97 Å². The molecule has 4 rings (SSSR count). The monoisotopic (exact) mass is 384 g/mol. The molecule has 2 amide bonds. The molecule has 8 nitrogen and oxygen atoms in total. The molecule has 150 valence electrons. The molecule has 0 aromatic carbocycles. The van der Waals surface area contributed by atoms with Crippen LogP contribution in [0.1, 0.15) is 54.0 Å². The van der Waals surface area contributed by atoms with Crippen LogP contribution in [0.15, 0.2) is 6.07 Å². The minimum Gasteiger partial charge on any atom is -0.369 e. The van der Waals surface area contributed by atoms with E-state index in [2.05, 4.69) is 14.9 Å². The van der Waals surface area contributed by atoms with E-state index in [1.54, 1.807) is 0 Å². The van der Waals surface area contributed by atoms with E-state index in [-0.39, 0.29) is 24.4 Å². The fraction of sp³-hybridized carbons (Fsp3) is 0.600. The number of pyridine rings is 1. The zero-order chi connectivity index (χ0) is 19.7. The summed E-state index contributed by atoms with van der Waals surface area (Å²) in [6.07, 6.45) is 6.03. The Labute approximate surface area is 164 Å². The minimum absolute atomic E-state index is 0.0860. The molecule has 28 heavy (non-hydrogen) atoms. The number of nitrogens with one attached hydrogen (secondary N) is 1. The van der Waals surface area contributed by atoms with Gasteiger partial charge in [0.25, 0.3) is 5.91 Å². The summed E-state index contributed by atoms with van der Waals surface area (Å²) in [7, 11) is 0. The Kier molecular flexibility index (Phi) is 5.30. The Morgan fingerprint density at radius 3 is 2.71 bits per heavy atom. The summed E-state index contributed by atoms with van der Waals surface area (Å²) in [5.41, 5.74) is 8.26. The summed E-state index contributed by atoms with van der Waals surface area (Å²) < 4.78 is 2.19. The number of primary amides is 1. The second-order valence-corrected chi connectivity index (χ2v) is 7.96. The van der Waals surface area contributed by atoms with Crippen molar-refractivity contribution < 1.29 is 9.59 Å². The van der Waals surface area contributed by atoms with Gasteiger partial charge in [-0.05, 0) is 38.7 Å². The number of amides is 2. The SMILES string of the molecule is Cc1cc(C(=O)NC2CCN(CC(N)=O)CC2)c2nc3n(c2n1)CCCCC3. The zero-order valence-corrected chi connectivity index (χ0v) is 16.4. The van der Waals surface area contributed by atoms with Gasteiger partial charge < -0.3 is 15.6 Å². The van der Waals surface area contributed by atoms with Crippen molar-refractivity contribution in [3.05, 3.63) is 23.1 Å². The molecule has 2 aliphatic heterocycles. The molecular weight excluding hydrogens is 356 g/mol. The average Bonchev–Trinajstić information content (AvgIpc) is 2.84. The van der Waals surface area contributed by atoms with Crippen molar-refractivity contribution in [3.63, 3.8) is 0 Å². The molecule has 4 heterocycles. The van der Waals surface area contributed by atoms with Crippen molar-refractivity contribution in [2.75, 3.05) is 19.6 Å². The van der Waals surface area contributed by atoms with Crippen LogP contribution in [0.2, 0.25) is 0 Å². The quantitative estimate of drug-likeness (QED) is 0.822. The molecule has 2 aliphatic rings. The van der Waals surface area contributed by atoms with Gasteiger partial charge in [0.2, 0.25) is 5.91 Å². The molecular formula is C20H28N6O2. The zero-order valence-electron chi connectivity index (χ0n) is 16.4. The number of carbonyl (C=O) groups excluding carboxylic acids is 2. The smallest absolute Gasteiger partial charge is 0.253 e. The number of piperidine rings is 1. The first-order valence-electron chi connectivity index (χ1n) is 10.2. The topological polar surface area (TPSA) is 106 Å². The highest BCUT2D eigenvalue weighted by Gasteiger charge is 2.25.